The molecule has 1 unspecified atom stereocenters. The van der Waals surface area contributed by atoms with E-state index >= 15 is 0 Å². The first-order valence-corrected chi connectivity index (χ1v) is 19.2. The molecule has 0 aromatic heterocycles. The van der Waals surface area contributed by atoms with E-state index in [2.05, 4.69) is 0 Å². The molecule has 1 atom stereocenters. The Bertz CT molecular complexity index is 2050. The van der Waals surface area contributed by atoms with E-state index in [1.54, 1.807) is 125 Å². The molecule has 14 nitrogen and oxygen atoms in total. The molecule has 0 radical (unpaired) electrons. The van der Waals surface area contributed by atoms with Gasteiger partial charge in [0.25, 0.3) is 0 Å². The van der Waals surface area contributed by atoms with Crippen LogP contribution in [0.5, 0.6) is 28.7 Å². The van der Waals surface area contributed by atoms with Crippen molar-refractivity contribution in [3.63, 3.8) is 0 Å². The Morgan fingerprint density at radius 1 is 0.458 bits per heavy atom. The van der Waals surface area contributed by atoms with Crippen LogP contribution in [0.25, 0.3) is 0 Å². The summed E-state index contributed by atoms with van der Waals surface area (Å²) in [5.74, 6) is -6.99. The van der Waals surface area contributed by atoms with Gasteiger partial charge >= 0.3 is 35.8 Å². The fraction of sp³-hybridized carbons (Fsp3) is 0.556. The summed E-state index contributed by atoms with van der Waals surface area (Å²) in [6, 6.07) is 4.97. The number of ether oxygens (including phenoxy) is 6. The van der Waals surface area contributed by atoms with Gasteiger partial charge in [0.05, 0.1) is 49.5 Å². The zero-order chi connectivity index (χ0) is 45.6. The van der Waals surface area contributed by atoms with Crippen molar-refractivity contribution in [2.24, 2.45) is 37.5 Å². The van der Waals surface area contributed by atoms with Crippen LogP contribution in [0, 0.1) is 32.5 Å². The lowest BCUT2D eigenvalue weighted by atomic mass is 9.90. The Balaban J connectivity index is 2.58. The number of benzene rings is 2. The highest BCUT2D eigenvalue weighted by atomic mass is 16.6. The van der Waals surface area contributed by atoms with Crippen LogP contribution < -0.4 is 23.7 Å². The molecule has 0 saturated carbocycles. The first-order chi connectivity index (χ1) is 26.4. The van der Waals surface area contributed by atoms with E-state index in [0.29, 0.717) is 0 Å². The summed E-state index contributed by atoms with van der Waals surface area (Å²) < 4.78 is 34.8. The average Bonchev–Trinajstić information content (AvgIpc) is 3.04. The fourth-order valence-corrected chi connectivity index (χ4v) is 4.35. The second-order valence-electron chi connectivity index (χ2n) is 20.7. The maximum Gasteiger partial charge on any atom is 0.316 e. The summed E-state index contributed by atoms with van der Waals surface area (Å²) in [5, 5.41) is 0. The van der Waals surface area contributed by atoms with Crippen molar-refractivity contribution in [1.29, 1.82) is 0 Å². The first kappa shape index (κ1) is 48.0. The van der Waals surface area contributed by atoms with Gasteiger partial charge in [-0.3, -0.25) is 33.6 Å². The third-order valence-corrected chi connectivity index (χ3v) is 8.26. The van der Waals surface area contributed by atoms with E-state index in [9.17, 15) is 33.6 Å². The van der Waals surface area contributed by atoms with Gasteiger partial charge in [-0.05, 0) is 137 Å². The van der Waals surface area contributed by atoms with Gasteiger partial charge in [-0.1, -0.05) is 0 Å². The molecule has 1 aliphatic rings. The van der Waals surface area contributed by atoms with Crippen LogP contribution in [0.3, 0.4) is 0 Å². The van der Waals surface area contributed by atoms with Crippen molar-refractivity contribution in [2.75, 3.05) is 0 Å². The topological polar surface area (TPSA) is 187 Å². The predicted octanol–water partition coefficient (Wildman–Crippen LogP) is 8.72. The lowest BCUT2D eigenvalue weighted by molar-refractivity contribution is -0.154. The second-order valence-corrected chi connectivity index (χ2v) is 20.7. The Morgan fingerprint density at radius 3 is 1.20 bits per heavy atom. The number of hydrogen-bond donors (Lipinski definition) is 0. The van der Waals surface area contributed by atoms with E-state index in [1.165, 1.54) is 24.3 Å². The van der Waals surface area contributed by atoms with Crippen LogP contribution in [-0.4, -0.2) is 53.4 Å². The average molecular weight is 822 g/mol. The standard InChI is InChI=1S/C45H59NO13/c1-40(2,3)34(48)54-24-21-25-29(26(22-24)55-35(49)41(4,5)6)31(47)33(59-39(53)45(16,17)18)30(46-25)23-19-27(56-36(50)42(7,8)9)32(58-38(52)44(13,14)15)28(20-23)57-37(51)43(10,11)12/h19-22,33H,1-18H3. The zero-order valence-corrected chi connectivity index (χ0v) is 37.6. The zero-order valence-electron chi connectivity index (χ0n) is 37.6. The van der Waals surface area contributed by atoms with Gasteiger partial charge in [-0.15, -0.1) is 0 Å². The number of carbonyl (C=O) groups is 7. The summed E-state index contributed by atoms with van der Waals surface area (Å²) in [6.07, 6.45) is -1.83. The van der Waals surface area contributed by atoms with E-state index in [-0.39, 0.29) is 45.5 Å². The smallest absolute Gasteiger partial charge is 0.316 e. The minimum atomic E-state index is -1.83. The number of carbonyl (C=O) groups excluding carboxylic acids is 7. The molecule has 1 heterocycles. The first-order valence-electron chi connectivity index (χ1n) is 19.2. The Labute approximate surface area is 346 Å². The van der Waals surface area contributed by atoms with Crippen molar-refractivity contribution < 1.29 is 62.0 Å². The molecule has 0 spiro atoms. The largest absolute Gasteiger partial charge is 0.447 e. The highest BCUT2D eigenvalue weighted by molar-refractivity contribution is 6.27. The molecule has 0 saturated heterocycles. The van der Waals surface area contributed by atoms with E-state index in [1.807, 2.05) is 0 Å². The molecule has 3 rings (SSSR count). The van der Waals surface area contributed by atoms with Gasteiger partial charge in [-0.25, -0.2) is 4.99 Å². The number of hydrogen-bond acceptors (Lipinski definition) is 14. The predicted molar refractivity (Wildman–Crippen MR) is 218 cm³/mol. The van der Waals surface area contributed by atoms with Crippen LogP contribution in [0.4, 0.5) is 5.69 Å². The number of ketones is 1. The minimum absolute atomic E-state index is 0.0648. The molecule has 0 fully saturated rings. The summed E-state index contributed by atoms with van der Waals surface area (Å²) >= 11 is 0. The van der Waals surface area contributed by atoms with Crippen LogP contribution in [0.1, 0.15) is 141 Å². The number of esters is 6. The van der Waals surface area contributed by atoms with E-state index < -0.39 is 85.9 Å². The molecule has 0 bridgehead atoms. The molecule has 322 valence electrons. The molecule has 2 aromatic carbocycles. The van der Waals surface area contributed by atoms with Crippen LogP contribution in [-0.2, 0) is 33.5 Å². The molecule has 14 heteroatoms. The number of rotatable bonds is 7. The lowest BCUT2D eigenvalue weighted by Crippen LogP contribution is -2.41. The lowest BCUT2D eigenvalue weighted by Gasteiger charge is -2.29. The number of fused-ring (bicyclic) bond motifs is 1. The van der Waals surface area contributed by atoms with Crippen molar-refractivity contribution in [3.05, 3.63) is 35.4 Å². The molecule has 0 amide bonds. The van der Waals surface area contributed by atoms with Crippen molar-refractivity contribution in [3.8, 4) is 28.7 Å². The normalized spacial score (nSPS) is 15.0. The third kappa shape index (κ3) is 11.9. The summed E-state index contributed by atoms with van der Waals surface area (Å²) in [7, 11) is 0. The van der Waals surface area contributed by atoms with E-state index in [4.69, 9.17) is 33.4 Å². The molecule has 1 aliphatic heterocycles. The Hall–Kier alpha value is -5.40. The van der Waals surface area contributed by atoms with Gasteiger partial charge < -0.3 is 28.4 Å². The third-order valence-electron chi connectivity index (χ3n) is 8.26. The monoisotopic (exact) mass is 821 g/mol. The quantitative estimate of drug-likeness (QED) is 0.191. The van der Waals surface area contributed by atoms with Crippen molar-refractivity contribution in [1.82, 2.24) is 0 Å². The maximum atomic E-state index is 14.8. The van der Waals surface area contributed by atoms with Gasteiger partial charge in [-0.2, -0.15) is 0 Å². The number of nitrogens with zero attached hydrogens (tertiary/aromatic N) is 1. The second kappa shape index (κ2) is 16.3. The highest BCUT2D eigenvalue weighted by Gasteiger charge is 2.43. The SMILES string of the molecule is CC(C)(C)C(=O)Oc1cc2c(c(OC(=O)C(C)(C)C)c1)C(=O)C(OC(=O)C(C)(C)C)C(c1cc(OC(=O)C(C)(C)C)c(OC(=O)C(C)(C)C)c(OC(=O)C(C)(C)C)c1)=N2. The van der Waals surface area contributed by atoms with Gasteiger partial charge in [0.1, 0.15) is 11.5 Å². The van der Waals surface area contributed by atoms with Gasteiger partial charge in [0, 0.05) is 17.7 Å². The molecular weight excluding hydrogens is 762 g/mol. The van der Waals surface area contributed by atoms with Crippen molar-refractivity contribution in [2.45, 2.75) is 131 Å². The van der Waals surface area contributed by atoms with Crippen LogP contribution >= 0.6 is 0 Å². The molecule has 59 heavy (non-hydrogen) atoms. The number of aliphatic imine (C=N–C) groups is 1. The fourth-order valence-electron chi connectivity index (χ4n) is 4.35. The Morgan fingerprint density at radius 2 is 0.814 bits per heavy atom. The molecule has 0 N–H and O–H groups in total. The van der Waals surface area contributed by atoms with E-state index in [0.717, 1.165) is 0 Å². The molecular formula is C45H59NO13. The molecule has 0 aliphatic carbocycles. The Kier molecular flexibility index (Phi) is 13.3. The van der Waals surface area contributed by atoms with Gasteiger partial charge in [0.15, 0.2) is 11.5 Å². The van der Waals surface area contributed by atoms with Crippen molar-refractivity contribution >= 4 is 53.0 Å². The minimum Gasteiger partial charge on any atom is -0.447 e. The highest BCUT2D eigenvalue weighted by Crippen LogP contribution is 2.45. The summed E-state index contributed by atoms with van der Waals surface area (Å²) in [6.45, 7) is 28.8. The summed E-state index contributed by atoms with van der Waals surface area (Å²) in [4.78, 5) is 99.8. The number of Topliss-reactive ketones (excluding diaryl/α,β-unsaturated/α-hetero) is 1. The van der Waals surface area contributed by atoms with Crippen LogP contribution in [0.15, 0.2) is 29.3 Å². The molecule has 2 aromatic rings. The van der Waals surface area contributed by atoms with Gasteiger partial charge in [0.2, 0.25) is 17.6 Å². The van der Waals surface area contributed by atoms with Crippen LogP contribution in [0.2, 0.25) is 0 Å². The summed E-state index contributed by atoms with van der Waals surface area (Å²) in [5.41, 5.74) is -7.12. The maximum absolute atomic E-state index is 14.8.